The highest BCUT2D eigenvalue weighted by molar-refractivity contribution is 4.97. The largest absolute Gasteiger partial charge is 0.300 e. The molecule has 0 spiro atoms. The van der Waals surface area contributed by atoms with Crippen LogP contribution < -0.4 is 0 Å². The molecule has 3 fully saturated rings. The smallest absolute Gasteiger partial charge is 0.00952 e. The van der Waals surface area contributed by atoms with Crippen LogP contribution in [0.2, 0.25) is 0 Å². The van der Waals surface area contributed by atoms with Crippen LogP contribution in [0, 0.1) is 23.2 Å². The Morgan fingerprint density at radius 1 is 0.897 bits per heavy atom. The highest BCUT2D eigenvalue weighted by Gasteiger charge is 2.42. The Balaban J connectivity index is 1.60. The van der Waals surface area contributed by atoms with E-state index in [1.807, 2.05) is 0 Å². The summed E-state index contributed by atoms with van der Waals surface area (Å²) < 4.78 is 0. The minimum absolute atomic E-state index is 0.577. The van der Waals surface area contributed by atoms with Gasteiger partial charge in [0.25, 0.3) is 0 Å². The fourth-order valence-electron chi connectivity index (χ4n) is 6.41. The maximum absolute atomic E-state index is 4.16. The van der Waals surface area contributed by atoms with E-state index in [4.69, 9.17) is 0 Å². The lowest BCUT2D eigenvalue weighted by molar-refractivity contribution is 0.0157. The zero-order chi connectivity index (χ0) is 20.5. The minimum atomic E-state index is 0.577. The fourth-order valence-corrected chi connectivity index (χ4v) is 6.41. The van der Waals surface area contributed by atoms with E-state index in [1.54, 1.807) is 0 Å². The maximum Gasteiger partial charge on any atom is 0.00952 e. The summed E-state index contributed by atoms with van der Waals surface area (Å²) in [6.45, 7) is 14.8. The molecule has 0 N–H and O–H groups in total. The summed E-state index contributed by atoms with van der Waals surface area (Å²) in [6, 6.07) is 0.904. The normalized spacial score (nSPS) is 24.8. The molecule has 2 atom stereocenters. The molecule has 0 aromatic carbocycles. The van der Waals surface area contributed by atoms with Gasteiger partial charge in [0, 0.05) is 6.04 Å². The van der Waals surface area contributed by atoms with E-state index in [0.717, 1.165) is 24.3 Å². The Hall–Kier alpha value is -0.820. The SMILES string of the molecule is C=CCC(CCC[C@@H](C=C)CC=C)C1(CCC2CC2)CCN(C2CCCC2)CC1. The van der Waals surface area contributed by atoms with Gasteiger partial charge in [0.1, 0.15) is 0 Å². The molecule has 0 bridgehead atoms. The molecule has 1 aliphatic heterocycles. The zero-order valence-electron chi connectivity index (χ0n) is 19.1. The lowest BCUT2D eigenvalue weighted by Crippen LogP contribution is -2.47. The van der Waals surface area contributed by atoms with Crippen LogP contribution in [0.1, 0.15) is 96.3 Å². The van der Waals surface area contributed by atoms with Gasteiger partial charge in [0.15, 0.2) is 0 Å². The quantitative estimate of drug-likeness (QED) is 0.269. The van der Waals surface area contributed by atoms with Gasteiger partial charge in [-0.1, -0.05) is 50.3 Å². The lowest BCUT2D eigenvalue weighted by atomic mass is 9.63. The lowest BCUT2D eigenvalue weighted by Gasteiger charge is -2.48. The second kappa shape index (κ2) is 11.5. The van der Waals surface area contributed by atoms with E-state index in [1.165, 1.54) is 103 Å². The van der Waals surface area contributed by atoms with Crippen molar-refractivity contribution in [3.05, 3.63) is 38.0 Å². The average molecular weight is 398 g/mol. The number of nitrogens with zero attached hydrogens (tertiary/aromatic N) is 1. The van der Waals surface area contributed by atoms with Crippen molar-refractivity contribution in [1.29, 1.82) is 0 Å². The van der Waals surface area contributed by atoms with Crippen molar-refractivity contribution in [3.8, 4) is 0 Å². The number of hydrogen-bond donors (Lipinski definition) is 0. The summed E-state index contributed by atoms with van der Waals surface area (Å²) >= 11 is 0. The standard InChI is InChI=1S/C28H47N/c1-4-10-24(6-3)12-9-13-26(11-5-2)28(19-18-25-16-17-25)20-22-29(23-21-28)27-14-7-8-15-27/h4-6,24-27H,1-3,7-23H2/t24-,26?/m0/s1. The average Bonchev–Trinajstić information content (AvgIpc) is 3.42. The van der Waals surface area contributed by atoms with Gasteiger partial charge in [-0.2, -0.15) is 0 Å². The third kappa shape index (κ3) is 6.58. The van der Waals surface area contributed by atoms with Crippen LogP contribution in [-0.2, 0) is 0 Å². The second-order valence-corrected chi connectivity index (χ2v) is 10.5. The van der Waals surface area contributed by atoms with Crippen molar-refractivity contribution in [2.45, 2.75) is 102 Å². The third-order valence-corrected chi connectivity index (χ3v) is 8.63. The zero-order valence-corrected chi connectivity index (χ0v) is 19.1. The summed E-state index contributed by atoms with van der Waals surface area (Å²) in [6.07, 6.45) is 27.4. The third-order valence-electron chi connectivity index (χ3n) is 8.63. The molecule has 1 saturated heterocycles. The Morgan fingerprint density at radius 3 is 2.17 bits per heavy atom. The van der Waals surface area contributed by atoms with Crippen molar-refractivity contribution in [1.82, 2.24) is 4.90 Å². The van der Waals surface area contributed by atoms with E-state index in [2.05, 4.69) is 42.9 Å². The van der Waals surface area contributed by atoms with Gasteiger partial charge in [0.2, 0.25) is 0 Å². The summed E-state index contributed by atoms with van der Waals surface area (Å²) in [5.74, 6) is 2.50. The van der Waals surface area contributed by atoms with Gasteiger partial charge in [-0.15, -0.1) is 19.7 Å². The first-order valence-corrected chi connectivity index (χ1v) is 12.8. The number of rotatable bonds is 14. The van der Waals surface area contributed by atoms with Gasteiger partial charge in [-0.25, -0.2) is 0 Å². The van der Waals surface area contributed by atoms with Gasteiger partial charge >= 0.3 is 0 Å². The van der Waals surface area contributed by atoms with Gasteiger partial charge < -0.3 is 4.90 Å². The highest BCUT2D eigenvalue weighted by Crippen LogP contribution is 2.50. The van der Waals surface area contributed by atoms with E-state index in [-0.39, 0.29) is 0 Å². The number of likely N-dealkylation sites (tertiary alicyclic amines) is 1. The first-order valence-electron chi connectivity index (χ1n) is 12.8. The van der Waals surface area contributed by atoms with Gasteiger partial charge in [0.05, 0.1) is 0 Å². The second-order valence-electron chi connectivity index (χ2n) is 10.5. The predicted molar refractivity (Wildman–Crippen MR) is 128 cm³/mol. The molecular formula is C28H47N. The molecule has 0 aromatic heterocycles. The predicted octanol–water partition coefficient (Wildman–Crippen LogP) is 7.94. The van der Waals surface area contributed by atoms with Gasteiger partial charge in [-0.3, -0.25) is 0 Å². The van der Waals surface area contributed by atoms with Gasteiger partial charge in [-0.05, 0) is 100 Å². The van der Waals surface area contributed by atoms with E-state index >= 15 is 0 Å². The molecule has 2 aliphatic carbocycles. The summed E-state index contributed by atoms with van der Waals surface area (Å²) in [4.78, 5) is 2.87. The molecule has 1 nitrogen and oxygen atoms in total. The van der Waals surface area contributed by atoms with Crippen molar-refractivity contribution in [2.24, 2.45) is 23.2 Å². The van der Waals surface area contributed by atoms with E-state index in [0.29, 0.717) is 11.3 Å². The minimum Gasteiger partial charge on any atom is -0.300 e. The summed E-state index contributed by atoms with van der Waals surface area (Å²) in [7, 11) is 0. The Bertz CT molecular complexity index is 502. The van der Waals surface area contributed by atoms with Crippen LogP contribution >= 0.6 is 0 Å². The molecule has 164 valence electrons. The molecule has 1 heterocycles. The molecule has 0 radical (unpaired) electrons. The molecule has 1 unspecified atom stereocenters. The van der Waals surface area contributed by atoms with Crippen molar-refractivity contribution in [3.63, 3.8) is 0 Å². The number of hydrogen-bond acceptors (Lipinski definition) is 1. The Kier molecular flexibility index (Phi) is 9.09. The molecule has 29 heavy (non-hydrogen) atoms. The molecule has 3 aliphatic rings. The van der Waals surface area contributed by atoms with E-state index < -0.39 is 0 Å². The fraction of sp³-hybridized carbons (Fsp3) is 0.786. The van der Waals surface area contributed by atoms with Crippen LogP contribution in [0.25, 0.3) is 0 Å². The highest BCUT2D eigenvalue weighted by atomic mass is 15.2. The number of allylic oxidation sites excluding steroid dienone is 3. The molecule has 0 aromatic rings. The van der Waals surface area contributed by atoms with Crippen LogP contribution in [0.15, 0.2) is 38.0 Å². The topological polar surface area (TPSA) is 3.24 Å². The molecule has 1 heteroatoms. The molecule has 2 saturated carbocycles. The first kappa shape index (κ1) is 22.9. The van der Waals surface area contributed by atoms with Crippen LogP contribution in [0.3, 0.4) is 0 Å². The Morgan fingerprint density at radius 2 is 1.59 bits per heavy atom. The van der Waals surface area contributed by atoms with Crippen LogP contribution in [0.5, 0.6) is 0 Å². The molecule has 0 amide bonds. The summed E-state index contributed by atoms with van der Waals surface area (Å²) in [5.41, 5.74) is 0.577. The maximum atomic E-state index is 4.16. The molecular weight excluding hydrogens is 350 g/mol. The van der Waals surface area contributed by atoms with Crippen molar-refractivity contribution >= 4 is 0 Å². The van der Waals surface area contributed by atoms with Crippen LogP contribution in [-0.4, -0.2) is 24.0 Å². The molecule has 3 rings (SSSR count). The van der Waals surface area contributed by atoms with Crippen molar-refractivity contribution < 1.29 is 0 Å². The van der Waals surface area contributed by atoms with Crippen molar-refractivity contribution in [2.75, 3.05) is 13.1 Å². The van der Waals surface area contributed by atoms with Crippen LogP contribution in [0.4, 0.5) is 0 Å². The first-order chi connectivity index (χ1) is 14.2. The monoisotopic (exact) mass is 397 g/mol. The number of piperidine rings is 1. The van der Waals surface area contributed by atoms with E-state index in [9.17, 15) is 0 Å². The Labute approximate surface area is 181 Å². The summed E-state index contributed by atoms with van der Waals surface area (Å²) in [5, 5.41) is 0.